The fourth-order valence-electron chi connectivity index (χ4n) is 1.78. The second kappa shape index (κ2) is 6.90. The molecule has 5 nitrogen and oxygen atoms in total. The minimum Gasteiger partial charge on any atom is -0.465 e. The van der Waals surface area contributed by atoms with E-state index in [0.29, 0.717) is 6.61 Å². The highest BCUT2D eigenvalue weighted by Crippen LogP contribution is 2.27. The summed E-state index contributed by atoms with van der Waals surface area (Å²) in [7, 11) is 0. The number of hydrogen-bond acceptors (Lipinski definition) is 6. The van der Waals surface area contributed by atoms with Crippen molar-refractivity contribution in [3.8, 4) is 11.4 Å². The molecule has 7 heteroatoms. The summed E-state index contributed by atoms with van der Waals surface area (Å²) in [4.78, 5) is 12.6. The van der Waals surface area contributed by atoms with E-state index in [1.807, 2.05) is 11.5 Å². The Balaban J connectivity index is 2.15. The van der Waals surface area contributed by atoms with E-state index in [1.54, 1.807) is 18.3 Å². The van der Waals surface area contributed by atoms with Crippen LogP contribution in [0.3, 0.4) is 0 Å². The van der Waals surface area contributed by atoms with Crippen LogP contribution in [0.5, 0.6) is 0 Å². The summed E-state index contributed by atoms with van der Waals surface area (Å²) in [5.41, 5.74) is 1.07. The molecular weight excluding hydrogens is 294 g/mol. The van der Waals surface area contributed by atoms with Crippen LogP contribution in [0.4, 0.5) is 0 Å². The normalized spacial score (nSPS) is 10.8. The lowest BCUT2D eigenvalue weighted by Crippen LogP contribution is -2.08. The van der Waals surface area contributed by atoms with Gasteiger partial charge in [-0.3, -0.25) is 4.79 Å². The number of aromatic nitrogens is 3. The molecule has 0 aliphatic heterocycles. The highest BCUT2D eigenvalue weighted by Gasteiger charge is 2.15. The minimum absolute atomic E-state index is 0.226. The quantitative estimate of drug-likeness (QED) is 0.606. The fraction of sp³-hybridized carbons (Fsp3) is 0.462. The molecule has 2 aromatic heterocycles. The van der Waals surface area contributed by atoms with Gasteiger partial charge in [0.05, 0.1) is 12.4 Å². The molecule has 0 spiro atoms. The molecule has 2 heterocycles. The van der Waals surface area contributed by atoms with Gasteiger partial charge in [-0.1, -0.05) is 11.8 Å². The summed E-state index contributed by atoms with van der Waals surface area (Å²) in [6.07, 6.45) is 0. The Kier molecular flexibility index (Phi) is 5.19. The maximum atomic E-state index is 11.4. The molecule has 0 fully saturated rings. The molecule has 0 amide bonds. The van der Waals surface area contributed by atoms with E-state index in [4.69, 9.17) is 4.74 Å². The largest absolute Gasteiger partial charge is 0.465 e. The van der Waals surface area contributed by atoms with Crippen molar-refractivity contribution in [2.75, 3.05) is 12.4 Å². The zero-order valence-corrected chi connectivity index (χ0v) is 13.4. The van der Waals surface area contributed by atoms with Crippen molar-refractivity contribution in [3.63, 3.8) is 0 Å². The van der Waals surface area contributed by atoms with Gasteiger partial charge in [0.15, 0.2) is 11.0 Å². The number of rotatable bonds is 6. The van der Waals surface area contributed by atoms with Gasteiger partial charge in [0.2, 0.25) is 0 Å². The summed E-state index contributed by atoms with van der Waals surface area (Å²) < 4.78 is 6.94. The maximum Gasteiger partial charge on any atom is 0.316 e. The number of esters is 1. The van der Waals surface area contributed by atoms with Gasteiger partial charge in [-0.2, -0.15) is 0 Å². The van der Waals surface area contributed by atoms with Gasteiger partial charge in [0, 0.05) is 22.4 Å². The molecular formula is C13H17N3O2S2. The van der Waals surface area contributed by atoms with E-state index in [0.717, 1.165) is 23.1 Å². The van der Waals surface area contributed by atoms with Gasteiger partial charge >= 0.3 is 5.97 Å². The first kappa shape index (κ1) is 15.1. The number of thiophene rings is 1. The third kappa shape index (κ3) is 3.40. The molecule has 2 rings (SSSR count). The molecule has 0 aromatic carbocycles. The SMILES string of the molecule is CCOC(=O)CSc1nnc(-c2csc(C)c2)n1CC. The van der Waals surface area contributed by atoms with E-state index in [9.17, 15) is 4.79 Å². The Hall–Kier alpha value is -1.34. The van der Waals surface area contributed by atoms with Gasteiger partial charge in [-0.05, 0) is 26.8 Å². The van der Waals surface area contributed by atoms with Crippen molar-refractivity contribution in [1.29, 1.82) is 0 Å². The summed E-state index contributed by atoms with van der Waals surface area (Å²) in [6, 6.07) is 2.10. The van der Waals surface area contributed by atoms with Crippen LogP contribution in [-0.4, -0.2) is 33.1 Å². The van der Waals surface area contributed by atoms with Crippen molar-refractivity contribution in [1.82, 2.24) is 14.8 Å². The first-order valence-corrected chi connectivity index (χ1v) is 8.29. The highest BCUT2D eigenvalue weighted by atomic mass is 32.2. The van der Waals surface area contributed by atoms with Gasteiger partial charge in [0.1, 0.15) is 0 Å². The summed E-state index contributed by atoms with van der Waals surface area (Å²) in [6.45, 7) is 7.08. The van der Waals surface area contributed by atoms with Crippen LogP contribution < -0.4 is 0 Å². The number of carbonyl (C=O) groups excluding carboxylic acids is 1. The molecule has 0 radical (unpaired) electrons. The molecule has 0 saturated heterocycles. The predicted molar refractivity (Wildman–Crippen MR) is 81.1 cm³/mol. The van der Waals surface area contributed by atoms with Crippen LogP contribution in [0.25, 0.3) is 11.4 Å². The first-order valence-electron chi connectivity index (χ1n) is 6.42. The lowest BCUT2D eigenvalue weighted by Gasteiger charge is -2.06. The van der Waals surface area contributed by atoms with Crippen molar-refractivity contribution < 1.29 is 9.53 Å². The topological polar surface area (TPSA) is 57.0 Å². The zero-order valence-electron chi connectivity index (χ0n) is 11.8. The van der Waals surface area contributed by atoms with Crippen LogP contribution in [0, 0.1) is 6.92 Å². The summed E-state index contributed by atoms with van der Waals surface area (Å²) >= 11 is 3.05. The minimum atomic E-state index is -0.226. The lowest BCUT2D eigenvalue weighted by molar-refractivity contribution is -0.139. The number of thioether (sulfide) groups is 1. The van der Waals surface area contributed by atoms with E-state index in [2.05, 4.69) is 28.6 Å². The molecule has 20 heavy (non-hydrogen) atoms. The number of hydrogen-bond donors (Lipinski definition) is 0. The van der Waals surface area contributed by atoms with Crippen LogP contribution in [0.15, 0.2) is 16.6 Å². The molecule has 0 N–H and O–H groups in total. The first-order chi connectivity index (χ1) is 9.65. The van der Waals surface area contributed by atoms with Gasteiger partial charge in [0.25, 0.3) is 0 Å². The predicted octanol–water partition coefficient (Wildman–Crippen LogP) is 2.99. The standard InChI is InChI=1S/C13H17N3O2S2/c1-4-16-12(10-6-9(3)19-7-10)14-15-13(16)20-8-11(17)18-5-2/h6-7H,4-5,8H2,1-3H3. The monoisotopic (exact) mass is 311 g/mol. The summed E-state index contributed by atoms with van der Waals surface area (Å²) in [5, 5.41) is 11.2. The van der Waals surface area contributed by atoms with Crippen molar-refractivity contribution in [3.05, 3.63) is 16.3 Å². The number of carbonyl (C=O) groups is 1. The second-order valence-electron chi connectivity index (χ2n) is 4.09. The van der Waals surface area contributed by atoms with E-state index < -0.39 is 0 Å². The molecule has 2 aromatic rings. The Morgan fingerprint density at radius 3 is 2.85 bits per heavy atom. The second-order valence-corrected chi connectivity index (χ2v) is 6.15. The van der Waals surface area contributed by atoms with E-state index >= 15 is 0 Å². The third-order valence-electron chi connectivity index (χ3n) is 2.65. The fourth-order valence-corrected chi connectivity index (χ4v) is 3.26. The Morgan fingerprint density at radius 1 is 1.45 bits per heavy atom. The molecule has 108 valence electrons. The van der Waals surface area contributed by atoms with Crippen LogP contribution in [0.1, 0.15) is 18.7 Å². The Labute approximate surface area is 126 Å². The van der Waals surface area contributed by atoms with Gasteiger partial charge in [-0.15, -0.1) is 21.5 Å². The van der Waals surface area contributed by atoms with Crippen molar-refractivity contribution in [2.24, 2.45) is 0 Å². The van der Waals surface area contributed by atoms with Crippen molar-refractivity contribution in [2.45, 2.75) is 32.5 Å². The lowest BCUT2D eigenvalue weighted by atomic mass is 10.3. The molecule has 0 aliphatic rings. The molecule has 0 unspecified atom stereocenters. The number of nitrogens with zero attached hydrogens (tertiary/aromatic N) is 3. The van der Waals surface area contributed by atoms with Crippen LogP contribution >= 0.6 is 23.1 Å². The Morgan fingerprint density at radius 2 is 2.25 bits per heavy atom. The average molecular weight is 311 g/mol. The van der Waals surface area contributed by atoms with Crippen LogP contribution in [0.2, 0.25) is 0 Å². The van der Waals surface area contributed by atoms with Crippen molar-refractivity contribution >= 4 is 29.1 Å². The van der Waals surface area contributed by atoms with Crippen LogP contribution in [-0.2, 0) is 16.1 Å². The van der Waals surface area contributed by atoms with Gasteiger partial charge < -0.3 is 9.30 Å². The maximum absolute atomic E-state index is 11.4. The average Bonchev–Trinajstić information content (AvgIpc) is 3.02. The number of ether oxygens (including phenoxy) is 1. The molecule has 0 bridgehead atoms. The summed E-state index contributed by atoms with van der Waals surface area (Å²) in [5.74, 6) is 0.883. The van der Waals surface area contributed by atoms with E-state index in [1.165, 1.54) is 16.6 Å². The third-order valence-corrected chi connectivity index (χ3v) is 4.45. The number of aryl methyl sites for hydroxylation is 1. The molecule has 0 aliphatic carbocycles. The molecule has 0 atom stereocenters. The highest BCUT2D eigenvalue weighted by molar-refractivity contribution is 7.99. The zero-order chi connectivity index (χ0) is 14.5. The Bertz CT molecular complexity index is 592. The molecule has 0 saturated carbocycles. The smallest absolute Gasteiger partial charge is 0.316 e. The van der Waals surface area contributed by atoms with Gasteiger partial charge in [-0.25, -0.2) is 0 Å². The van der Waals surface area contributed by atoms with E-state index in [-0.39, 0.29) is 11.7 Å².